The molecule has 3 rings (SSSR count). The Hall–Kier alpha value is -0.920. The first-order chi connectivity index (χ1) is 9.72. The molecule has 0 saturated carbocycles. The van der Waals surface area contributed by atoms with E-state index in [1.807, 2.05) is 11.8 Å². The molecule has 20 heavy (non-hydrogen) atoms. The van der Waals surface area contributed by atoms with Gasteiger partial charge in [-0.3, -0.25) is 0 Å². The summed E-state index contributed by atoms with van der Waals surface area (Å²) in [5.41, 5.74) is 0.603. The molecule has 4 nitrogen and oxygen atoms in total. The molecule has 2 heterocycles. The Balaban J connectivity index is 1.77. The van der Waals surface area contributed by atoms with Gasteiger partial charge < -0.3 is 9.84 Å². The summed E-state index contributed by atoms with van der Waals surface area (Å²) >= 11 is 5.29. The summed E-state index contributed by atoms with van der Waals surface area (Å²) in [6.07, 6.45) is 0.701. The van der Waals surface area contributed by atoms with Gasteiger partial charge >= 0.3 is 0 Å². The fraction of sp³-hybridized carbons (Fsp3) is 0.385. The first-order valence-corrected chi connectivity index (χ1v) is 8.26. The van der Waals surface area contributed by atoms with Gasteiger partial charge in [-0.2, -0.15) is 16.7 Å². The van der Waals surface area contributed by atoms with Gasteiger partial charge in [0, 0.05) is 40.5 Å². The minimum Gasteiger partial charge on any atom is -0.339 e. The molecule has 106 valence electrons. The van der Waals surface area contributed by atoms with E-state index in [1.165, 1.54) is 12.1 Å². The highest BCUT2D eigenvalue weighted by Gasteiger charge is 2.18. The topological polar surface area (TPSA) is 51.0 Å². The van der Waals surface area contributed by atoms with E-state index in [9.17, 15) is 4.39 Å². The fourth-order valence-electron chi connectivity index (χ4n) is 2.08. The Labute approximate surface area is 128 Å². The lowest BCUT2D eigenvalue weighted by atomic mass is 10.2. The van der Waals surface area contributed by atoms with Gasteiger partial charge in [0.05, 0.1) is 0 Å². The molecule has 0 spiro atoms. The fourth-order valence-corrected chi connectivity index (χ4v) is 3.45. The van der Waals surface area contributed by atoms with E-state index in [-0.39, 0.29) is 5.82 Å². The standard InChI is InChI=1S/C13H13BrFN3OS/c14-11-2-1-8(15)5-10(11)13-17-12(19-18-13)6-9-7-20-4-3-16-9/h1-2,5,9,16H,3-4,6-7H2. The van der Waals surface area contributed by atoms with Crippen molar-refractivity contribution in [2.45, 2.75) is 12.5 Å². The maximum atomic E-state index is 13.3. The van der Waals surface area contributed by atoms with Gasteiger partial charge in [0.1, 0.15) is 5.82 Å². The third-order valence-electron chi connectivity index (χ3n) is 3.06. The molecule has 0 bridgehead atoms. The maximum absolute atomic E-state index is 13.3. The SMILES string of the molecule is Fc1ccc(Br)c(-c2noc(CC3CSCCN3)n2)c1. The average Bonchev–Trinajstić information content (AvgIpc) is 2.91. The van der Waals surface area contributed by atoms with Crippen LogP contribution in [0.1, 0.15) is 5.89 Å². The van der Waals surface area contributed by atoms with E-state index >= 15 is 0 Å². The van der Waals surface area contributed by atoms with Crippen molar-refractivity contribution >= 4 is 27.7 Å². The molecule has 1 unspecified atom stereocenters. The number of nitrogens with one attached hydrogen (secondary N) is 1. The predicted molar refractivity (Wildman–Crippen MR) is 80.2 cm³/mol. The molecule has 2 aromatic rings. The lowest BCUT2D eigenvalue weighted by Gasteiger charge is -2.21. The summed E-state index contributed by atoms with van der Waals surface area (Å²) in [6, 6.07) is 4.78. The number of rotatable bonds is 3. The number of hydrogen-bond acceptors (Lipinski definition) is 5. The lowest BCUT2D eigenvalue weighted by Crippen LogP contribution is -2.38. The van der Waals surface area contributed by atoms with Gasteiger partial charge in [0.25, 0.3) is 0 Å². The number of hydrogen-bond donors (Lipinski definition) is 1. The monoisotopic (exact) mass is 357 g/mol. The molecule has 1 aromatic heterocycles. The highest BCUT2D eigenvalue weighted by molar-refractivity contribution is 9.10. The van der Waals surface area contributed by atoms with Crippen molar-refractivity contribution in [2.75, 3.05) is 18.1 Å². The number of thioether (sulfide) groups is 1. The van der Waals surface area contributed by atoms with Crippen molar-refractivity contribution in [2.24, 2.45) is 0 Å². The number of nitrogens with zero attached hydrogens (tertiary/aromatic N) is 2. The Morgan fingerprint density at radius 1 is 1.50 bits per heavy atom. The first kappa shape index (κ1) is 14.0. The van der Waals surface area contributed by atoms with Crippen LogP contribution in [-0.4, -0.2) is 34.2 Å². The Morgan fingerprint density at radius 3 is 3.20 bits per heavy atom. The van der Waals surface area contributed by atoms with Crippen LogP contribution in [0.3, 0.4) is 0 Å². The zero-order valence-electron chi connectivity index (χ0n) is 10.6. The van der Waals surface area contributed by atoms with Crippen LogP contribution in [0.25, 0.3) is 11.4 Å². The highest BCUT2D eigenvalue weighted by Crippen LogP contribution is 2.27. The van der Waals surface area contributed by atoms with Crippen LogP contribution in [-0.2, 0) is 6.42 Å². The molecule has 1 aromatic carbocycles. The molecular weight excluding hydrogens is 345 g/mol. The van der Waals surface area contributed by atoms with Crippen LogP contribution < -0.4 is 5.32 Å². The summed E-state index contributed by atoms with van der Waals surface area (Å²) in [5, 5.41) is 7.36. The number of halogens is 2. The molecule has 1 aliphatic heterocycles. The second kappa shape index (κ2) is 6.24. The van der Waals surface area contributed by atoms with Crippen molar-refractivity contribution < 1.29 is 8.91 Å². The molecular formula is C13H13BrFN3OS. The molecule has 1 saturated heterocycles. The van der Waals surface area contributed by atoms with E-state index in [4.69, 9.17) is 4.52 Å². The van der Waals surface area contributed by atoms with Gasteiger partial charge in [-0.05, 0) is 18.2 Å². The van der Waals surface area contributed by atoms with Crippen LogP contribution in [0.15, 0.2) is 27.2 Å². The second-order valence-corrected chi connectivity index (χ2v) is 6.57. The van der Waals surface area contributed by atoms with Crippen LogP contribution >= 0.6 is 27.7 Å². The molecule has 1 fully saturated rings. The van der Waals surface area contributed by atoms with E-state index in [0.29, 0.717) is 29.7 Å². The van der Waals surface area contributed by atoms with E-state index in [2.05, 4.69) is 31.4 Å². The molecule has 0 amide bonds. The molecule has 1 atom stereocenters. The van der Waals surface area contributed by atoms with Crippen molar-refractivity contribution in [1.29, 1.82) is 0 Å². The van der Waals surface area contributed by atoms with Gasteiger partial charge in [-0.1, -0.05) is 21.1 Å². The van der Waals surface area contributed by atoms with Gasteiger partial charge in [-0.25, -0.2) is 4.39 Å². The van der Waals surface area contributed by atoms with Gasteiger partial charge in [0.2, 0.25) is 11.7 Å². The summed E-state index contributed by atoms with van der Waals surface area (Å²) in [5.74, 6) is 2.86. The number of aromatic nitrogens is 2. The van der Waals surface area contributed by atoms with Gasteiger partial charge in [0.15, 0.2) is 0 Å². The third kappa shape index (κ3) is 3.21. The van der Waals surface area contributed by atoms with E-state index in [1.54, 1.807) is 6.07 Å². The number of benzene rings is 1. The summed E-state index contributed by atoms with van der Waals surface area (Å²) in [7, 11) is 0. The Kier molecular flexibility index (Phi) is 4.38. The zero-order chi connectivity index (χ0) is 13.9. The van der Waals surface area contributed by atoms with Crippen LogP contribution in [0, 0.1) is 5.82 Å². The molecule has 1 aliphatic rings. The zero-order valence-corrected chi connectivity index (χ0v) is 13.0. The third-order valence-corrected chi connectivity index (χ3v) is 4.88. The maximum Gasteiger partial charge on any atom is 0.228 e. The van der Waals surface area contributed by atoms with Crippen LogP contribution in [0.5, 0.6) is 0 Å². The molecule has 0 radical (unpaired) electrons. The minimum absolute atomic E-state index is 0.320. The highest BCUT2D eigenvalue weighted by atomic mass is 79.9. The normalized spacial score (nSPS) is 19.2. The molecule has 0 aliphatic carbocycles. The first-order valence-electron chi connectivity index (χ1n) is 6.31. The largest absolute Gasteiger partial charge is 0.339 e. The summed E-state index contributed by atoms with van der Waals surface area (Å²) < 4.78 is 19.3. The van der Waals surface area contributed by atoms with E-state index < -0.39 is 0 Å². The Morgan fingerprint density at radius 2 is 2.40 bits per heavy atom. The van der Waals surface area contributed by atoms with Crippen molar-refractivity contribution in [3.8, 4) is 11.4 Å². The summed E-state index contributed by atoms with van der Waals surface area (Å²) in [6.45, 7) is 1.01. The Bertz CT molecular complexity index is 601. The van der Waals surface area contributed by atoms with Crippen molar-refractivity contribution in [3.63, 3.8) is 0 Å². The van der Waals surface area contributed by atoms with Crippen LogP contribution in [0.4, 0.5) is 4.39 Å². The smallest absolute Gasteiger partial charge is 0.228 e. The molecule has 7 heteroatoms. The summed E-state index contributed by atoms with van der Waals surface area (Å²) in [4.78, 5) is 4.35. The average molecular weight is 358 g/mol. The van der Waals surface area contributed by atoms with Crippen LogP contribution in [0.2, 0.25) is 0 Å². The second-order valence-electron chi connectivity index (χ2n) is 4.57. The van der Waals surface area contributed by atoms with Crippen molar-refractivity contribution in [1.82, 2.24) is 15.5 Å². The molecule has 1 N–H and O–H groups in total. The predicted octanol–water partition coefficient (Wildman–Crippen LogP) is 2.89. The van der Waals surface area contributed by atoms with Crippen molar-refractivity contribution in [3.05, 3.63) is 34.4 Å². The minimum atomic E-state index is -0.320. The van der Waals surface area contributed by atoms with Gasteiger partial charge in [-0.15, -0.1) is 0 Å². The lowest BCUT2D eigenvalue weighted by molar-refractivity contribution is 0.363. The van der Waals surface area contributed by atoms with E-state index in [0.717, 1.165) is 22.5 Å². The quantitative estimate of drug-likeness (QED) is 0.915.